The molecule has 2 aromatic rings. The molecule has 0 bridgehead atoms. The van der Waals surface area contributed by atoms with E-state index >= 15 is 0 Å². The van der Waals surface area contributed by atoms with Crippen LogP contribution in [0.25, 0.3) is 0 Å². The van der Waals surface area contributed by atoms with E-state index in [-0.39, 0.29) is 10.8 Å². The number of halogens is 2. The number of hydrogen-bond donors (Lipinski definition) is 1. The van der Waals surface area contributed by atoms with Crippen LogP contribution in [0.4, 0.5) is 4.39 Å². The summed E-state index contributed by atoms with van der Waals surface area (Å²) in [6.07, 6.45) is 1.82. The van der Waals surface area contributed by atoms with Gasteiger partial charge in [-0.2, -0.15) is 0 Å². The van der Waals surface area contributed by atoms with Gasteiger partial charge in [-0.25, -0.2) is 4.39 Å². The standard InChI is InChI=1S/C16H18ClFN2O/c1-11(2)19-8-12-3-5-14(20-9-12)10-21-16-6-4-13(18)7-15(16)17/h3-7,9,11,19H,8,10H2,1-2H3. The quantitative estimate of drug-likeness (QED) is 0.877. The number of nitrogens with zero attached hydrogens (tertiary/aromatic N) is 1. The third kappa shape index (κ3) is 4.99. The summed E-state index contributed by atoms with van der Waals surface area (Å²) in [5, 5.41) is 3.58. The number of rotatable bonds is 6. The molecule has 0 saturated heterocycles. The van der Waals surface area contributed by atoms with Gasteiger partial charge in [-0.15, -0.1) is 0 Å². The van der Waals surface area contributed by atoms with Crippen molar-refractivity contribution in [2.75, 3.05) is 0 Å². The molecule has 2 rings (SSSR count). The van der Waals surface area contributed by atoms with Crippen molar-refractivity contribution < 1.29 is 9.13 Å². The molecule has 1 N–H and O–H groups in total. The lowest BCUT2D eigenvalue weighted by Crippen LogP contribution is -2.21. The molecule has 21 heavy (non-hydrogen) atoms. The Hall–Kier alpha value is -1.65. The van der Waals surface area contributed by atoms with E-state index in [1.54, 1.807) is 0 Å². The number of hydrogen-bond acceptors (Lipinski definition) is 3. The predicted octanol–water partition coefficient (Wildman–Crippen LogP) is 3.95. The normalized spacial score (nSPS) is 10.9. The van der Waals surface area contributed by atoms with E-state index in [1.807, 2.05) is 18.3 Å². The molecule has 0 aliphatic rings. The Labute approximate surface area is 129 Å². The van der Waals surface area contributed by atoms with Crippen molar-refractivity contribution in [3.63, 3.8) is 0 Å². The highest BCUT2D eigenvalue weighted by Crippen LogP contribution is 2.25. The van der Waals surface area contributed by atoms with Gasteiger partial charge in [0.2, 0.25) is 0 Å². The molecule has 0 spiro atoms. The summed E-state index contributed by atoms with van der Waals surface area (Å²) in [5.41, 5.74) is 1.91. The molecule has 0 atom stereocenters. The van der Waals surface area contributed by atoms with Gasteiger partial charge in [0.25, 0.3) is 0 Å². The van der Waals surface area contributed by atoms with Crippen molar-refractivity contribution in [3.05, 3.63) is 58.6 Å². The van der Waals surface area contributed by atoms with Crippen molar-refractivity contribution in [3.8, 4) is 5.75 Å². The van der Waals surface area contributed by atoms with Crippen LogP contribution < -0.4 is 10.1 Å². The zero-order chi connectivity index (χ0) is 15.2. The zero-order valence-electron chi connectivity index (χ0n) is 12.1. The van der Waals surface area contributed by atoms with E-state index < -0.39 is 0 Å². The van der Waals surface area contributed by atoms with Crippen molar-refractivity contribution in [1.29, 1.82) is 0 Å². The SMILES string of the molecule is CC(C)NCc1ccc(COc2ccc(F)cc2Cl)nc1. The molecule has 1 heterocycles. The third-order valence-corrected chi connectivity index (χ3v) is 3.17. The van der Waals surface area contributed by atoms with Crippen LogP contribution >= 0.6 is 11.6 Å². The van der Waals surface area contributed by atoms with Gasteiger partial charge in [0.1, 0.15) is 18.2 Å². The first-order chi connectivity index (χ1) is 10.0. The van der Waals surface area contributed by atoms with Gasteiger partial charge in [0.05, 0.1) is 10.7 Å². The maximum atomic E-state index is 12.9. The van der Waals surface area contributed by atoms with Crippen LogP contribution in [0.5, 0.6) is 5.75 Å². The minimum atomic E-state index is -0.382. The molecular weight excluding hydrogens is 291 g/mol. The highest BCUT2D eigenvalue weighted by Gasteiger charge is 2.04. The van der Waals surface area contributed by atoms with E-state index in [4.69, 9.17) is 16.3 Å². The van der Waals surface area contributed by atoms with Gasteiger partial charge < -0.3 is 10.1 Å². The Morgan fingerprint density at radius 1 is 1.29 bits per heavy atom. The smallest absolute Gasteiger partial charge is 0.138 e. The minimum Gasteiger partial charge on any atom is -0.486 e. The maximum Gasteiger partial charge on any atom is 0.138 e. The first-order valence-corrected chi connectivity index (χ1v) is 7.17. The lowest BCUT2D eigenvalue weighted by atomic mass is 10.2. The Morgan fingerprint density at radius 2 is 2.10 bits per heavy atom. The fourth-order valence-electron chi connectivity index (χ4n) is 1.71. The van der Waals surface area contributed by atoms with Gasteiger partial charge in [-0.1, -0.05) is 31.5 Å². The second-order valence-electron chi connectivity index (χ2n) is 5.06. The number of aromatic nitrogens is 1. The average molecular weight is 309 g/mol. The Kier molecular flexibility index (Phi) is 5.53. The summed E-state index contributed by atoms with van der Waals surface area (Å²) < 4.78 is 18.5. The molecule has 3 nitrogen and oxygen atoms in total. The molecule has 0 saturated carbocycles. The van der Waals surface area contributed by atoms with Crippen LogP contribution in [0.15, 0.2) is 36.5 Å². The van der Waals surface area contributed by atoms with Crippen LogP contribution in [-0.4, -0.2) is 11.0 Å². The van der Waals surface area contributed by atoms with Gasteiger partial charge in [-0.3, -0.25) is 4.98 Å². The number of benzene rings is 1. The second-order valence-corrected chi connectivity index (χ2v) is 5.46. The first kappa shape index (κ1) is 15.7. The predicted molar refractivity (Wildman–Crippen MR) is 82.0 cm³/mol. The molecule has 0 unspecified atom stereocenters. The summed E-state index contributed by atoms with van der Waals surface area (Å²) >= 11 is 5.90. The number of ether oxygens (including phenoxy) is 1. The van der Waals surface area contributed by atoms with Crippen LogP contribution in [0.2, 0.25) is 5.02 Å². The molecule has 0 aliphatic heterocycles. The molecule has 0 aliphatic carbocycles. The fourth-order valence-corrected chi connectivity index (χ4v) is 1.93. The molecule has 0 amide bonds. The van der Waals surface area contributed by atoms with Gasteiger partial charge >= 0.3 is 0 Å². The lowest BCUT2D eigenvalue weighted by molar-refractivity contribution is 0.301. The van der Waals surface area contributed by atoms with Crippen LogP contribution in [-0.2, 0) is 13.2 Å². The highest BCUT2D eigenvalue weighted by molar-refractivity contribution is 6.32. The zero-order valence-corrected chi connectivity index (χ0v) is 12.8. The van der Waals surface area contributed by atoms with Crippen molar-refractivity contribution in [2.24, 2.45) is 0 Å². The number of pyridine rings is 1. The molecular formula is C16H18ClFN2O. The molecule has 112 valence electrons. The first-order valence-electron chi connectivity index (χ1n) is 6.79. The molecule has 0 radical (unpaired) electrons. The monoisotopic (exact) mass is 308 g/mol. The van der Waals surface area contributed by atoms with Gasteiger partial charge in [0, 0.05) is 18.8 Å². The third-order valence-electron chi connectivity index (χ3n) is 2.87. The molecule has 0 fully saturated rings. The van der Waals surface area contributed by atoms with Crippen LogP contribution in [0, 0.1) is 5.82 Å². The Balaban J connectivity index is 1.91. The topological polar surface area (TPSA) is 34.1 Å². The van der Waals surface area contributed by atoms with Crippen molar-refractivity contribution in [2.45, 2.75) is 33.0 Å². The summed E-state index contributed by atoms with van der Waals surface area (Å²) in [4.78, 5) is 4.34. The van der Waals surface area contributed by atoms with Crippen LogP contribution in [0.1, 0.15) is 25.1 Å². The van der Waals surface area contributed by atoms with E-state index in [1.165, 1.54) is 18.2 Å². The second kappa shape index (κ2) is 7.38. The van der Waals surface area contributed by atoms with Crippen LogP contribution in [0.3, 0.4) is 0 Å². The van der Waals surface area contributed by atoms with E-state index in [0.29, 0.717) is 18.4 Å². The summed E-state index contributed by atoms with van der Waals surface area (Å²) in [6.45, 7) is 5.28. The average Bonchev–Trinajstić information content (AvgIpc) is 2.45. The summed E-state index contributed by atoms with van der Waals surface area (Å²) in [6, 6.07) is 8.41. The number of nitrogens with one attached hydrogen (secondary N) is 1. The molecule has 5 heteroatoms. The van der Waals surface area contributed by atoms with E-state index in [0.717, 1.165) is 17.8 Å². The summed E-state index contributed by atoms with van der Waals surface area (Å²) in [5.74, 6) is 0.0675. The Morgan fingerprint density at radius 3 is 2.71 bits per heavy atom. The Bertz CT molecular complexity index is 587. The van der Waals surface area contributed by atoms with Gasteiger partial charge in [-0.05, 0) is 29.8 Å². The fraction of sp³-hybridized carbons (Fsp3) is 0.312. The van der Waals surface area contributed by atoms with E-state index in [9.17, 15) is 4.39 Å². The molecule has 1 aromatic carbocycles. The van der Waals surface area contributed by atoms with Gasteiger partial charge in [0.15, 0.2) is 0 Å². The maximum absolute atomic E-state index is 12.9. The molecule has 1 aromatic heterocycles. The highest BCUT2D eigenvalue weighted by atomic mass is 35.5. The van der Waals surface area contributed by atoms with E-state index in [2.05, 4.69) is 24.1 Å². The minimum absolute atomic E-state index is 0.257. The summed E-state index contributed by atoms with van der Waals surface area (Å²) in [7, 11) is 0. The van der Waals surface area contributed by atoms with Crippen molar-refractivity contribution in [1.82, 2.24) is 10.3 Å². The lowest BCUT2D eigenvalue weighted by Gasteiger charge is -2.09. The van der Waals surface area contributed by atoms with Crippen molar-refractivity contribution >= 4 is 11.6 Å². The largest absolute Gasteiger partial charge is 0.486 e.